The van der Waals surface area contributed by atoms with Crippen LogP contribution in [0.25, 0.3) is 0 Å². The lowest BCUT2D eigenvalue weighted by molar-refractivity contribution is 0.401. The SMILES string of the molecule is CCN(CC)c1conc1C1Cc2ccc(C)cc2C1C. The van der Waals surface area contributed by atoms with Gasteiger partial charge in [-0.15, -0.1) is 0 Å². The summed E-state index contributed by atoms with van der Waals surface area (Å²) in [6, 6.07) is 6.82. The van der Waals surface area contributed by atoms with Crippen molar-refractivity contribution in [3.63, 3.8) is 0 Å². The Kier molecular flexibility index (Phi) is 3.75. The highest BCUT2D eigenvalue weighted by atomic mass is 16.5. The van der Waals surface area contributed by atoms with Gasteiger partial charge >= 0.3 is 0 Å². The maximum absolute atomic E-state index is 5.32. The van der Waals surface area contributed by atoms with Gasteiger partial charge in [-0.1, -0.05) is 35.8 Å². The summed E-state index contributed by atoms with van der Waals surface area (Å²) in [6.45, 7) is 10.8. The Morgan fingerprint density at radius 2 is 2.05 bits per heavy atom. The number of anilines is 1. The van der Waals surface area contributed by atoms with E-state index in [2.05, 4.69) is 56.0 Å². The highest BCUT2D eigenvalue weighted by molar-refractivity contribution is 5.53. The lowest BCUT2D eigenvalue weighted by Gasteiger charge is -2.22. The van der Waals surface area contributed by atoms with Crippen molar-refractivity contribution in [3.8, 4) is 0 Å². The van der Waals surface area contributed by atoms with Gasteiger partial charge in [-0.05, 0) is 44.2 Å². The quantitative estimate of drug-likeness (QED) is 0.839. The standard InChI is InChI=1S/C18H24N2O/c1-5-20(6-2)17-11-21-19-18(17)16-10-14-8-7-12(3)9-15(14)13(16)4/h7-9,11,13,16H,5-6,10H2,1-4H3. The molecule has 0 amide bonds. The maximum atomic E-state index is 5.32. The van der Waals surface area contributed by atoms with Crippen molar-refractivity contribution in [3.05, 3.63) is 46.8 Å². The van der Waals surface area contributed by atoms with E-state index in [4.69, 9.17) is 4.52 Å². The van der Waals surface area contributed by atoms with E-state index in [1.54, 1.807) is 0 Å². The van der Waals surface area contributed by atoms with Gasteiger partial charge in [0.2, 0.25) is 0 Å². The van der Waals surface area contributed by atoms with Crippen LogP contribution in [0.1, 0.15) is 55.0 Å². The third kappa shape index (κ3) is 2.35. The summed E-state index contributed by atoms with van der Waals surface area (Å²) in [6.07, 6.45) is 2.88. The van der Waals surface area contributed by atoms with Crippen molar-refractivity contribution in [1.82, 2.24) is 5.16 Å². The molecule has 0 spiro atoms. The van der Waals surface area contributed by atoms with Crippen LogP contribution in [0.4, 0.5) is 5.69 Å². The molecule has 2 atom stereocenters. The Balaban J connectivity index is 1.95. The van der Waals surface area contributed by atoms with Crippen LogP contribution in [0.3, 0.4) is 0 Å². The minimum Gasteiger partial charge on any atom is -0.368 e. The van der Waals surface area contributed by atoms with Crippen molar-refractivity contribution in [2.45, 2.75) is 46.0 Å². The molecular weight excluding hydrogens is 260 g/mol. The Bertz CT molecular complexity index is 628. The Morgan fingerprint density at radius 1 is 1.29 bits per heavy atom. The van der Waals surface area contributed by atoms with Crippen molar-refractivity contribution in [2.24, 2.45) is 0 Å². The number of fused-ring (bicyclic) bond motifs is 1. The van der Waals surface area contributed by atoms with E-state index in [1.807, 2.05) is 6.26 Å². The van der Waals surface area contributed by atoms with Gasteiger partial charge in [0, 0.05) is 19.0 Å². The Morgan fingerprint density at radius 3 is 2.76 bits per heavy atom. The molecule has 1 aliphatic rings. The van der Waals surface area contributed by atoms with Gasteiger partial charge in [0.25, 0.3) is 0 Å². The van der Waals surface area contributed by atoms with E-state index in [0.29, 0.717) is 11.8 Å². The van der Waals surface area contributed by atoms with E-state index < -0.39 is 0 Å². The zero-order valence-electron chi connectivity index (χ0n) is 13.4. The van der Waals surface area contributed by atoms with Crippen LogP contribution in [0.5, 0.6) is 0 Å². The molecule has 0 saturated heterocycles. The third-order valence-corrected chi connectivity index (χ3v) is 4.87. The molecule has 2 unspecified atom stereocenters. The number of aromatic nitrogens is 1. The van der Waals surface area contributed by atoms with Crippen molar-refractivity contribution in [1.29, 1.82) is 0 Å². The van der Waals surface area contributed by atoms with Gasteiger partial charge in [0.05, 0.1) is 0 Å². The molecule has 3 nitrogen and oxygen atoms in total. The van der Waals surface area contributed by atoms with E-state index in [1.165, 1.54) is 22.4 Å². The fourth-order valence-corrected chi connectivity index (χ4v) is 3.59. The lowest BCUT2D eigenvalue weighted by atomic mass is 9.90. The summed E-state index contributed by atoms with van der Waals surface area (Å²) in [7, 11) is 0. The zero-order chi connectivity index (χ0) is 15.0. The molecule has 0 bridgehead atoms. The number of hydrogen-bond donors (Lipinski definition) is 0. The van der Waals surface area contributed by atoms with Crippen LogP contribution >= 0.6 is 0 Å². The number of benzene rings is 1. The first-order valence-electron chi connectivity index (χ1n) is 7.94. The van der Waals surface area contributed by atoms with E-state index in [-0.39, 0.29) is 0 Å². The molecule has 0 fully saturated rings. The van der Waals surface area contributed by atoms with Gasteiger partial charge in [-0.2, -0.15) is 0 Å². The molecule has 21 heavy (non-hydrogen) atoms. The summed E-state index contributed by atoms with van der Waals surface area (Å²) in [4.78, 5) is 2.33. The topological polar surface area (TPSA) is 29.3 Å². The maximum Gasteiger partial charge on any atom is 0.147 e. The molecule has 1 heterocycles. The average Bonchev–Trinajstić information content (AvgIpc) is 3.06. The number of nitrogens with zero attached hydrogens (tertiary/aromatic N) is 2. The minimum absolute atomic E-state index is 0.427. The molecule has 1 aromatic carbocycles. The zero-order valence-corrected chi connectivity index (χ0v) is 13.4. The smallest absolute Gasteiger partial charge is 0.147 e. The van der Waals surface area contributed by atoms with E-state index >= 15 is 0 Å². The van der Waals surface area contributed by atoms with Gasteiger partial charge in [0.15, 0.2) is 0 Å². The van der Waals surface area contributed by atoms with Crippen LogP contribution in [0.2, 0.25) is 0 Å². The van der Waals surface area contributed by atoms with Gasteiger partial charge < -0.3 is 9.42 Å². The normalized spacial score (nSPS) is 20.6. The second-order valence-corrected chi connectivity index (χ2v) is 6.06. The highest BCUT2D eigenvalue weighted by Gasteiger charge is 2.34. The fraction of sp³-hybridized carbons (Fsp3) is 0.500. The molecule has 2 aromatic rings. The molecular formula is C18H24N2O. The summed E-state index contributed by atoms with van der Waals surface area (Å²) in [5.41, 5.74) is 6.58. The number of rotatable bonds is 4. The predicted molar refractivity (Wildman–Crippen MR) is 86.1 cm³/mol. The van der Waals surface area contributed by atoms with Crippen LogP contribution in [-0.4, -0.2) is 18.2 Å². The molecule has 3 rings (SSSR count). The number of aryl methyl sites for hydroxylation is 1. The molecule has 0 saturated carbocycles. The van der Waals surface area contributed by atoms with Gasteiger partial charge in [-0.3, -0.25) is 0 Å². The van der Waals surface area contributed by atoms with Crippen LogP contribution in [0.15, 0.2) is 29.0 Å². The summed E-state index contributed by atoms with van der Waals surface area (Å²) < 4.78 is 5.32. The second-order valence-electron chi connectivity index (χ2n) is 6.06. The predicted octanol–water partition coefficient (Wildman–Crippen LogP) is 4.27. The van der Waals surface area contributed by atoms with Crippen molar-refractivity contribution in [2.75, 3.05) is 18.0 Å². The highest BCUT2D eigenvalue weighted by Crippen LogP contribution is 2.46. The largest absolute Gasteiger partial charge is 0.368 e. The minimum atomic E-state index is 0.427. The Hall–Kier alpha value is -1.77. The molecule has 3 heteroatoms. The first-order chi connectivity index (χ1) is 10.2. The third-order valence-electron chi connectivity index (χ3n) is 4.87. The van der Waals surface area contributed by atoms with Crippen LogP contribution in [-0.2, 0) is 6.42 Å². The molecule has 1 aliphatic carbocycles. The van der Waals surface area contributed by atoms with Gasteiger partial charge in [-0.25, -0.2) is 0 Å². The lowest BCUT2D eigenvalue weighted by Crippen LogP contribution is -2.23. The van der Waals surface area contributed by atoms with E-state index in [0.717, 1.165) is 25.2 Å². The Labute approximate surface area is 126 Å². The molecule has 112 valence electrons. The molecule has 0 aliphatic heterocycles. The summed E-state index contributed by atoms with van der Waals surface area (Å²) in [5, 5.41) is 4.35. The first-order valence-corrected chi connectivity index (χ1v) is 7.94. The number of hydrogen-bond acceptors (Lipinski definition) is 3. The average molecular weight is 284 g/mol. The summed E-state index contributed by atoms with van der Waals surface area (Å²) >= 11 is 0. The summed E-state index contributed by atoms with van der Waals surface area (Å²) in [5.74, 6) is 0.926. The van der Waals surface area contributed by atoms with E-state index in [9.17, 15) is 0 Å². The monoisotopic (exact) mass is 284 g/mol. The van der Waals surface area contributed by atoms with Gasteiger partial charge in [0.1, 0.15) is 17.6 Å². The van der Waals surface area contributed by atoms with Crippen LogP contribution < -0.4 is 4.90 Å². The molecule has 0 N–H and O–H groups in total. The van der Waals surface area contributed by atoms with Crippen molar-refractivity contribution >= 4 is 5.69 Å². The molecule has 0 radical (unpaired) electrons. The first kappa shape index (κ1) is 14.2. The molecule has 1 aromatic heterocycles. The second kappa shape index (κ2) is 5.55. The van der Waals surface area contributed by atoms with Crippen molar-refractivity contribution < 1.29 is 4.52 Å². The van der Waals surface area contributed by atoms with Crippen LogP contribution in [0, 0.1) is 6.92 Å². The fourth-order valence-electron chi connectivity index (χ4n) is 3.59.